The molecule has 0 saturated carbocycles. The lowest BCUT2D eigenvalue weighted by atomic mass is 9.88. The monoisotopic (exact) mass is 591 g/mol. The van der Waals surface area contributed by atoms with E-state index in [0.29, 0.717) is 5.52 Å². The summed E-state index contributed by atoms with van der Waals surface area (Å²) in [6.07, 6.45) is 8.16. The van der Waals surface area contributed by atoms with Crippen molar-refractivity contribution in [2.45, 2.75) is 12.8 Å². The van der Waals surface area contributed by atoms with Gasteiger partial charge in [0, 0.05) is 22.8 Å². The van der Waals surface area contributed by atoms with Crippen LogP contribution in [-0.2, 0) is 6.42 Å². The number of pyridine rings is 1. The van der Waals surface area contributed by atoms with Crippen LogP contribution >= 0.6 is 0 Å². The number of rotatable bonds is 4. The molecule has 9 rings (SSSR count). The molecule has 0 bridgehead atoms. The Morgan fingerprint density at radius 3 is 2.28 bits per heavy atom. The topological polar surface area (TPSA) is 50.9 Å². The van der Waals surface area contributed by atoms with Gasteiger partial charge in [-0.2, -0.15) is 0 Å². The van der Waals surface area contributed by atoms with Gasteiger partial charge in [-0.1, -0.05) is 91.0 Å². The van der Waals surface area contributed by atoms with Crippen molar-refractivity contribution in [3.63, 3.8) is 0 Å². The van der Waals surface area contributed by atoms with Crippen LogP contribution in [0.2, 0.25) is 0 Å². The lowest BCUT2D eigenvalue weighted by Gasteiger charge is -2.16. The summed E-state index contributed by atoms with van der Waals surface area (Å²) < 4.78 is 2.28. The molecular weight excluding hydrogens is 562 g/mol. The number of allylic oxidation sites excluding steroid dienone is 1. The van der Waals surface area contributed by atoms with Gasteiger partial charge in [0.15, 0.2) is 0 Å². The number of aromatic hydroxyl groups is 1. The van der Waals surface area contributed by atoms with Gasteiger partial charge in [-0.3, -0.25) is 9.55 Å². The summed E-state index contributed by atoms with van der Waals surface area (Å²) in [5.41, 5.74) is 9.63. The number of phenols is 1. The first-order valence-corrected chi connectivity index (χ1v) is 15.7. The molecule has 8 aromatic rings. The molecule has 0 radical (unpaired) electrons. The normalized spacial score (nSPS) is 12.6. The molecular formula is C42H29N3O. The quantitative estimate of drug-likeness (QED) is 0.207. The number of phenolic OH excluding ortho intramolecular Hbond substituents is 1. The van der Waals surface area contributed by atoms with E-state index in [2.05, 4.69) is 125 Å². The van der Waals surface area contributed by atoms with Gasteiger partial charge in [-0.15, -0.1) is 0 Å². The van der Waals surface area contributed by atoms with Crippen molar-refractivity contribution in [2.75, 3.05) is 0 Å². The molecule has 218 valence electrons. The number of imidazole rings is 1. The second-order valence-corrected chi connectivity index (χ2v) is 11.9. The summed E-state index contributed by atoms with van der Waals surface area (Å²) in [6, 6.07) is 44.6. The molecule has 0 fully saturated rings. The highest BCUT2D eigenvalue weighted by atomic mass is 16.3. The van der Waals surface area contributed by atoms with Crippen molar-refractivity contribution in [2.24, 2.45) is 0 Å². The van der Waals surface area contributed by atoms with Crippen LogP contribution in [0.1, 0.15) is 17.8 Å². The Hall–Kier alpha value is -6.00. The summed E-state index contributed by atoms with van der Waals surface area (Å²) >= 11 is 0. The Balaban J connectivity index is 1.20. The van der Waals surface area contributed by atoms with Crippen LogP contribution in [0.3, 0.4) is 0 Å². The fourth-order valence-corrected chi connectivity index (χ4v) is 7.00. The summed E-state index contributed by atoms with van der Waals surface area (Å²) in [5.74, 6) is 1.16. The van der Waals surface area contributed by atoms with Crippen molar-refractivity contribution < 1.29 is 5.11 Å². The number of para-hydroxylation sites is 1. The van der Waals surface area contributed by atoms with E-state index in [1.807, 2.05) is 18.2 Å². The number of hydrogen-bond acceptors (Lipinski definition) is 3. The van der Waals surface area contributed by atoms with Crippen LogP contribution in [0.4, 0.5) is 0 Å². The molecule has 1 aliphatic rings. The summed E-state index contributed by atoms with van der Waals surface area (Å²) in [4.78, 5) is 9.65. The SMILES string of the molecule is Oc1ccc(-c2c3ccccc3cc3ccc(-c4ccc(-c5nc6c(n5-c5ccccc5)C=CCC6)cc4)cc23)c2cccnc12. The minimum absolute atomic E-state index is 0.189. The fraction of sp³-hybridized carbons (Fsp3) is 0.0476. The van der Waals surface area contributed by atoms with E-state index >= 15 is 0 Å². The summed E-state index contributed by atoms with van der Waals surface area (Å²) in [5, 5.41) is 16.2. The van der Waals surface area contributed by atoms with Gasteiger partial charge < -0.3 is 5.11 Å². The van der Waals surface area contributed by atoms with Crippen LogP contribution in [-0.4, -0.2) is 19.6 Å². The molecule has 0 aliphatic heterocycles. The highest BCUT2D eigenvalue weighted by Crippen LogP contribution is 2.42. The van der Waals surface area contributed by atoms with Crippen LogP contribution in [0, 0.1) is 0 Å². The highest BCUT2D eigenvalue weighted by Gasteiger charge is 2.20. The second-order valence-electron chi connectivity index (χ2n) is 11.9. The van der Waals surface area contributed by atoms with Crippen molar-refractivity contribution in [3.8, 4) is 45.1 Å². The number of hydrogen-bond donors (Lipinski definition) is 1. The van der Waals surface area contributed by atoms with E-state index in [9.17, 15) is 5.11 Å². The molecule has 0 unspecified atom stereocenters. The first-order chi connectivity index (χ1) is 22.7. The summed E-state index contributed by atoms with van der Waals surface area (Å²) in [7, 11) is 0. The smallest absolute Gasteiger partial charge is 0.145 e. The van der Waals surface area contributed by atoms with Gasteiger partial charge in [0.1, 0.15) is 17.1 Å². The van der Waals surface area contributed by atoms with E-state index in [1.165, 1.54) is 21.9 Å². The fourth-order valence-electron chi connectivity index (χ4n) is 7.00. The first kappa shape index (κ1) is 26.4. The van der Waals surface area contributed by atoms with E-state index in [0.717, 1.165) is 68.6 Å². The second kappa shape index (κ2) is 10.6. The van der Waals surface area contributed by atoms with Gasteiger partial charge in [-0.05, 0) is 105 Å². The van der Waals surface area contributed by atoms with Gasteiger partial charge in [0.25, 0.3) is 0 Å². The van der Waals surface area contributed by atoms with E-state index in [4.69, 9.17) is 4.98 Å². The molecule has 4 heteroatoms. The first-order valence-electron chi connectivity index (χ1n) is 15.7. The molecule has 0 amide bonds. The third kappa shape index (κ3) is 4.22. The van der Waals surface area contributed by atoms with Crippen molar-refractivity contribution in [3.05, 3.63) is 151 Å². The average molecular weight is 592 g/mol. The van der Waals surface area contributed by atoms with E-state index < -0.39 is 0 Å². The number of fused-ring (bicyclic) bond motifs is 4. The highest BCUT2D eigenvalue weighted by molar-refractivity contribution is 6.17. The van der Waals surface area contributed by atoms with Gasteiger partial charge in [0.2, 0.25) is 0 Å². The lowest BCUT2D eigenvalue weighted by Crippen LogP contribution is -2.01. The van der Waals surface area contributed by atoms with Crippen LogP contribution < -0.4 is 0 Å². The van der Waals surface area contributed by atoms with Crippen LogP contribution in [0.25, 0.3) is 77.9 Å². The third-order valence-electron chi connectivity index (χ3n) is 9.19. The van der Waals surface area contributed by atoms with Gasteiger partial charge in [0.05, 0.1) is 11.4 Å². The number of aromatic nitrogens is 3. The third-order valence-corrected chi connectivity index (χ3v) is 9.19. The minimum Gasteiger partial charge on any atom is -0.506 e. The molecule has 6 aromatic carbocycles. The van der Waals surface area contributed by atoms with Crippen LogP contribution in [0.15, 0.2) is 140 Å². The summed E-state index contributed by atoms with van der Waals surface area (Å²) in [6.45, 7) is 0. The van der Waals surface area contributed by atoms with Crippen LogP contribution in [0.5, 0.6) is 5.75 Å². The zero-order valence-corrected chi connectivity index (χ0v) is 25.1. The molecule has 4 nitrogen and oxygen atoms in total. The van der Waals surface area contributed by atoms with Gasteiger partial charge >= 0.3 is 0 Å². The van der Waals surface area contributed by atoms with Crippen molar-refractivity contribution >= 4 is 38.5 Å². The van der Waals surface area contributed by atoms with Crippen molar-refractivity contribution in [1.29, 1.82) is 0 Å². The Morgan fingerprint density at radius 2 is 1.39 bits per heavy atom. The molecule has 46 heavy (non-hydrogen) atoms. The lowest BCUT2D eigenvalue weighted by molar-refractivity contribution is 0.480. The molecule has 1 aliphatic carbocycles. The van der Waals surface area contributed by atoms with Crippen molar-refractivity contribution in [1.82, 2.24) is 14.5 Å². The molecule has 0 atom stereocenters. The minimum atomic E-state index is 0.189. The van der Waals surface area contributed by atoms with E-state index in [1.54, 1.807) is 12.3 Å². The maximum atomic E-state index is 10.6. The number of aryl methyl sites for hydroxylation is 1. The predicted molar refractivity (Wildman–Crippen MR) is 189 cm³/mol. The molecule has 1 N–H and O–H groups in total. The Bertz CT molecular complexity index is 2470. The predicted octanol–water partition coefficient (Wildman–Crippen LogP) is 10.4. The van der Waals surface area contributed by atoms with Gasteiger partial charge in [-0.25, -0.2) is 4.98 Å². The molecule has 2 aromatic heterocycles. The molecule has 0 spiro atoms. The number of nitrogens with zero attached hydrogens (tertiary/aromatic N) is 3. The number of benzene rings is 6. The maximum Gasteiger partial charge on any atom is 0.145 e. The standard InChI is InChI=1S/C42H29N3O/c46-39-23-22-34(35-13-8-24-43-41(35)39)40-33-12-5-4-9-30(33)25-31-21-20-29(26-36(31)40)27-16-18-28(19-17-27)42-44-37-14-6-7-15-38(37)45(42)32-10-2-1-3-11-32/h1-5,7-13,15-26,46H,6,14H2. The average Bonchev–Trinajstić information content (AvgIpc) is 3.51. The zero-order valence-electron chi connectivity index (χ0n) is 25.1. The van der Waals surface area contributed by atoms with E-state index in [-0.39, 0.29) is 5.75 Å². The largest absolute Gasteiger partial charge is 0.506 e. The maximum absolute atomic E-state index is 10.6. The zero-order chi connectivity index (χ0) is 30.6. The Labute approximate surface area is 266 Å². The molecule has 2 heterocycles. The Morgan fingerprint density at radius 1 is 0.630 bits per heavy atom. The Kier molecular flexibility index (Phi) is 6.07. The molecule has 0 saturated heterocycles.